The Bertz CT molecular complexity index is 498. The van der Waals surface area contributed by atoms with Gasteiger partial charge in [0.05, 0.1) is 6.54 Å². The predicted octanol–water partition coefficient (Wildman–Crippen LogP) is 2.88. The Morgan fingerprint density at radius 2 is 2.24 bits per heavy atom. The van der Waals surface area contributed by atoms with Crippen molar-refractivity contribution in [3.63, 3.8) is 0 Å². The van der Waals surface area contributed by atoms with Crippen LogP contribution >= 0.6 is 11.6 Å². The zero-order valence-corrected chi connectivity index (χ0v) is 10.5. The van der Waals surface area contributed by atoms with Gasteiger partial charge in [-0.3, -0.25) is 0 Å². The third-order valence-corrected chi connectivity index (χ3v) is 2.71. The van der Waals surface area contributed by atoms with E-state index in [4.69, 9.17) is 16.0 Å². The average Bonchev–Trinajstić information content (AvgIpc) is 2.72. The van der Waals surface area contributed by atoms with Crippen LogP contribution in [0.5, 0.6) is 0 Å². The first-order valence-electron chi connectivity index (χ1n) is 5.43. The topological polar surface area (TPSA) is 51.0 Å². The van der Waals surface area contributed by atoms with Gasteiger partial charge in [-0.25, -0.2) is 0 Å². The highest BCUT2D eigenvalue weighted by Gasteiger charge is 2.07. The van der Waals surface area contributed by atoms with Crippen LogP contribution < -0.4 is 5.32 Å². The van der Waals surface area contributed by atoms with E-state index in [1.807, 2.05) is 24.3 Å². The average molecular weight is 252 g/mol. The minimum Gasteiger partial charge on any atom is -0.424 e. The number of aromatic nitrogens is 2. The second-order valence-corrected chi connectivity index (χ2v) is 4.31. The summed E-state index contributed by atoms with van der Waals surface area (Å²) in [6, 6.07) is 7.95. The van der Waals surface area contributed by atoms with Crippen molar-refractivity contribution in [2.75, 3.05) is 0 Å². The molecule has 1 atom stereocenters. The minimum absolute atomic E-state index is 0.181. The molecule has 2 aromatic rings. The summed E-state index contributed by atoms with van der Waals surface area (Å²) in [5.41, 5.74) is 1.13. The van der Waals surface area contributed by atoms with E-state index in [0.717, 1.165) is 10.6 Å². The van der Waals surface area contributed by atoms with E-state index < -0.39 is 0 Å². The highest BCUT2D eigenvalue weighted by atomic mass is 35.5. The van der Waals surface area contributed by atoms with E-state index in [0.29, 0.717) is 18.3 Å². The van der Waals surface area contributed by atoms with E-state index in [-0.39, 0.29) is 6.04 Å². The fourth-order valence-electron chi connectivity index (χ4n) is 1.54. The summed E-state index contributed by atoms with van der Waals surface area (Å²) in [5.74, 6) is 1.17. The summed E-state index contributed by atoms with van der Waals surface area (Å²) in [6.45, 7) is 4.39. The molecule has 0 aliphatic rings. The molecule has 0 aliphatic carbocycles. The third-order valence-electron chi connectivity index (χ3n) is 2.48. The van der Waals surface area contributed by atoms with Gasteiger partial charge in [0, 0.05) is 18.0 Å². The van der Waals surface area contributed by atoms with Crippen LogP contribution in [0.15, 0.2) is 28.7 Å². The molecule has 5 heteroatoms. The lowest BCUT2D eigenvalue weighted by atomic mass is 10.1. The first kappa shape index (κ1) is 12.1. The van der Waals surface area contributed by atoms with Crippen LogP contribution in [0.1, 0.15) is 30.3 Å². The predicted molar refractivity (Wildman–Crippen MR) is 65.7 cm³/mol. The molecular formula is C12H14ClN3O. The monoisotopic (exact) mass is 251 g/mol. The molecule has 90 valence electrons. The Labute approximate surface area is 105 Å². The van der Waals surface area contributed by atoms with Gasteiger partial charge in [0.2, 0.25) is 11.8 Å². The fraction of sp³-hybridized carbons (Fsp3) is 0.333. The quantitative estimate of drug-likeness (QED) is 0.908. The first-order valence-corrected chi connectivity index (χ1v) is 5.81. The molecule has 0 saturated heterocycles. The van der Waals surface area contributed by atoms with Gasteiger partial charge in [-0.1, -0.05) is 23.7 Å². The van der Waals surface area contributed by atoms with Crippen molar-refractivity contribution in [1.82, 2.24) is 15.5 Å². The lowest BCUT2D eigenvalue weighted by molar-refractivity contribution is 0.430. The van der Waals surface area contributed by atoms with Gasteiger partial charge in [0.15, 0.2) is 0 Å². The normalized spacial score (nSPS) is 12.6. The van der Waals surface area contributed by atoms with E-state index in [2.05, 4.69) is 22.4 Å². The van der Waals surface area contributed by atoms with Gasteiger partial charge in [0.25, 0.3) is 0 Å². The van der Waals surface area contributed by atoms with Crippen LogP contribution in [0.4, 0.5) is 0 Å². The molecule has 1 aromatic carbocycles. The van der Waals surface area contributed by atoms with Crippen LogP contribution in [0.25, 0.3) is 0 Å². The molecule has 1 aromatic heterocycles. The van der Waals surface area contributed by atoms with Crippen LogP contribution in [-0.4, -0.2) is 10.2 Å². The van der Waals surface area contributed by atoms with Gasteiger partial charge in [-0.2, -0.15) is 0 Å². The standard InChI is InChI=1S/C12H14ClN3O/c1-8(10-4-3-5-11(13)6-10)14-7-12-16-15-9(2)17-12/h3-6,8,14H,7H2,1-2H3/t8-/m1/s1. The molecule has 1 N–H and O–H groups in total. The van der Waals surface area contributed by atoms with Gasteiger partial charge in [-0.15, -0.1) is 10.2 Å². The van der Waals surface area contributed by atoms with Crippen LogP contribution in [-0.2, 0) is 6.54 Å². The van der Waals surface area contributed by atoms with Crippen LogP contribution in [0, 0.1) is 6.92 Å². The Hall–Kier alpha value is -1.39. The first-order chi connectivity index (χ1) is 8.15. The SMILES string of the molecule is Cc1nnc(CN[C@H](C)c2cccc(Cl)c2)o1. The molecule has 0 fully saturated rings. The Balaban J connectivity index is 1.95. The van der Waals surface area contributed by atoms with Gasteiger partial charge in [0.1, 0.15) is 0 Å². The van der Waals surface area contributed by atoms with Crippen molar-refractivity contribution in [1.29, 1.82) is 0 Å². The molecule has 2 rings (SSSR count). The molecule has 0 unspecified atom stereocenters. The summed E-state index contributed by atoms with van der Waals surface area (Å²) in [7, 11) is 0. The number of hydrogen-bond donors (Lipinski definition) is 1. The lowest BCUT2D eigenvalue weighted by Crippen LogP contribution is -2.18. The number of benzene rings is 1. The van der Waals surface area contributed by atoms with Crippen molar-refractivity contribution in [3.8, 4) is 0 Å². The Morgan fingerprint density at radius 3 is 2.88 bits per heavy atom. The molecular weight excluding hydrogens is 238 g/mol. The van der Waals surface area contributed by atoms with Crippen molar-refractivity contribution >= 4 is 11.6 Å². The smallest absolute Gasteiger partial charge is 0.230 e. The zero-order valence-electron chi connectivity index (χ0n) is 9.77. The van der Waals surface area contributed by atoms with Gasteiger partial charge in [-0.05, 0) is 24.6 Å². The maximum absolute atomic E-state index is 5.94. The third kappa shape index (κ3) is 3.28. The molecule has 0 bridgehead atoms. The Kier molecular flexibility index (Phi) is 3.76. The summed E-state index contributed by atoms with van der Waals surface area (Å²) in [5, 5.41) is 11.7. The van der Waals surface area contributed by atoms with Crippen molar-refractivity contribution in [2.24, 2.45) is 0 Å². The number of rotatable bonds is 4. The second kappa shape index (κ2) is 5.29. The largest absolute Gasteiger partial charge is 0.424 e. The molecule has 17 heavy (non-hydrogen) atoms. The summed E-state index contributed by atoms with van der Waals surface area (Å²) < 4.78 is 5.28. The van der Waals surface area contributed by atoms with Crippen molar-refractivity contribution < 1.29 is 4.42 Å². The summed E-state index contributed by atoms with van der Waals surface area (Å²) in [6.07, 6.45) is 0. The van der Waals surface area contributed by atoms with Gasteiger partial charge >= 0.3 is 0 Å². The molecule has 0 aliphatic heterocycles. The highest BCUT2D eigenvalue weighted by molar-refractivity contribution is 6.30. The van der Waals surface area contributed by atoms with Crippen LogP contribution in [0.2, 0.25) is 5.02 Å². The highest BCUT2D eigenvalue weighted by Crippen LogP contribution is 2.17. The van der Waals surface area contributed by atoms with Crippen LogP contribution in [0.3, 0.4) is 0 Å². The van der Waals surface area contributed by atoms with E-state index in [1.165, 1.54) is 0 Å². The van der Waals surface area contributed by atoms with E-state index >= 15 is 0 Å². The van der Waals surface area contributed by atoms with Gasteiger partial charge < -0.3 is 9.73 Å². The molecule has 0 radical (unpaired) electrons. The number of nitrogens with one attached hydrogen (secondary N) is 1. The molecule has 0 saturated carbocycles. The minimum atomic E-state index is 0.181. The molecule has 0 spiro atoms. The number of hydrogen-bond acceptors (Lipinski definition) is 4. The number of aryl methyl sites for hydroxylation is 1. The summed E-state index contributed by atoms with van der Waals surface area (Å²) in [4.78, 5) is 0. The number of halogens is 1. The molecule has 0 amide bonds. The van der Waals surface area contributed by atoms with E-state index in [1.54, 1.807) is 6.92 Å². The maximum Gasteiger partial charge on any atom is 0.230 e. The maximum atomic E-state index is 5.94. The Morgan fingerprint density at radius 1 is 1.41 bits per heavy atom. The van der Waals surface area contributed by atoms with E-state index in [9.17, 15) is 0 Å². The lowest BCUT2D eigenvalue weighted by Gasteiger charge is -2.12. The fourth-order valence-corrected chi connectivity index (χ4v) is 1.74. The zero-order chi connectivity index (χ0) is 12.3. The number of nitrogens with zero attached hydrogens (tertiary/aromatic N) is 2. The summed E-state index contributed by atoms with van der Waals surface area (Å²) >= 11 is 5.94. The van der Waals surface area contributed by atoms with Crippen molar-refractivity contribution in [3.05, 3.63) is 46.6 Å². The molecule has 1 heterocycles. The second-order valence-electron chi connectivity index (χ2n) is 3.87. The molecule has 4 nitrogen and oxygen atoms in total. The van der Waals surface area contributed by atoms with Crippen molar-refractivity contribution in [2.45, 2.75) is 26.4 Å².